The Kier molecular flexibility index (Phi) is 4.98. The van der Waals surface area contributed by atoms with Crippen LogP contribution in [0.1, 0.15) is 55.4 Å². The van der Waals surface area contributed by atoms with E-state index >= 15 is 0 Å². The van der Waals surface area contributed by atoms with Gasteiger partial charge in [-0.3, -0.25) is 14.3 Å². The topological polar surface area (TPSA) is 67.2 Å². The molecule has 1 aromatic heterocycles. The van der Waals surface area contributed by atoms with Crippen molar-refractivity contribution in [3.8, 4) is 0 Å². The van der Waals surface area contributed by atoms with E-state index in [-0.39, 0.29) is 23.8 Å². The van der Waals surface area contributed by atoms with Crippen LogP contribution >= 0.6 is 0 Å². The minimum Gasteiger partial charge on any atom is -0.356 e. The maximum Gasteiger partial charge on any atom is 0.274 e. The second kappa shape index (κ2) is 7.15. The van der Waals surface area contributed by atoms with Crippen molar-refractivity contribution in [2.75, 3.05) is 13.1 Å². The Morgan fingerprint density at radius 1 is 1.22 bits per heavy atom. The quantitative estimate of drug-likeness (QED) is 0.857. The van der Waals surface area contributed by atoms with E-state index in [1.54, 1.807) is 16.9 Å². The predicted molar refractivity (Wildman–Crippen MR) is 86.9 cm³/mol. The van der Waals surface area contributed by atoms with Crippen molar-refractivity contribution in [3.63, 3.8) is 0 Å². The Balaban J connectivity index is 1.83. The summed E-state index contributed by atoms with van der Waals surface area (Å²) in [6.07, 6.45) is 8.81. The van der Waals surface area contributed by atoms with Crippen LogP contribution in [0.3, 0.4) is 0 Å². The van der Waals surface area contributed by atoms with Crippen molar-refractivity contribution in [1.29, 1.82) is 0 Å². The summed E-state index contributed by atoms with van der Waals surface area (Å²) in [4.78, 5) is 27.3. The Morgan fingerprint density at radius 2 is 2.04 bits per heavy atom. The molecule has 1 N–H and O–H groups in total. The lowest BCUT2D eigenvalue weighted by Crippen LogP contribution is -2.47. The van der Waals surface area contributed by atoms with Gasteiger partial charge < -0.3 is 10.2 Å². The second-order valence-electron chi connectivity index (χ2n) is 6.68. The molecule has 0 aromatic carbocycles. The highest BCUT2D eigenvalue weighted by atomic mass is 16.2. The largest absolute Gasteiger partial charge is 0.356 e. The van der Waals surface area contributed by atoms with Gasteiger partial charge in [0, 0.05) is 32.4 Å². The number of carbonyl (C=O) groups excluding carboxylic acids is 2. The summed E-state index contributed by atoms with van der Waals surface area (Å²) >= 11 is 0. The van der Waals surface area contributed by atoms with Crippen molar-refractivity contribution in [2.45, 2.75) is 51.0 Å². The molecule has 2 amide bonds. The summed E-state index contributed by atoms with van der Waals surface area (Å²) in [6.45, 7) is 1.49. The molecule has 0 bridgehead atoms. The first-order valence-corrected chi connectivity index (χ1v) is 8.75. The van der Waals surface area contributed by atoms with Gasteiger partial charge in [0.2, 0.25) is 5.91 Å². The van der Waals surface area contributed by atoms with Gasteiger partial charge in [0.05, 0.1) is 5.92 Å². The maximum absolute atomic E-state index is 12.9. The molecule has 6 heteroatoms. The van der Waals surface area contributed by atoms with Crippen LogP contribution in [-0.4, -0.2) is 45.6 Å². The van der Waals surface area contributed by atoms with Gasteiger partial charge in [-0.25, -0.2) is 0 Å². The van der Waals surface area contributed by atoms with E-state index in [2.05, 4.69) is 10.4 Å². The lowest BCUT2D eigenvalue weighted by molar-refractivity contribution is -0.126. The molecule has 1 saturated carbocycles. The van der Waals surface area contributed by atoms with Crippen LogP contribution in [0.15, 0.2) is 12.3 Å². The molecule has 2 fully saturated rings. The Bertz CT molecular complexity index is 569. The molecular formula is C17H26N4O2. The van der Waals surface area contributed by atoms with E-state index in [1.807, 2.05) is 11.9 Å². The van der Waals surface area contributed by atoms with E-state index in [1.165, 1.54) is 0 Å². The Morgan fingerprint density at radius 3 is 2.83 bits per heavy atom. The predicted octanol–water partition coefficient (Wildman–Crippen LogP) is 1.72. The normalized spacial score (nSPS) is 26.3. The monoisotopic (exact) mass is 318 g/mol. The zero-order chi connectivity index (χ0) is 16.2. The van der Waals surface area contributed by atoms with Crippen molar-refractivity contribution in [3.05, 3.63) is 18.0 Å². The molecule has 1 saturated heterocycles. The number of rotatable bonds is 1. The van der Waals surface area contributed by atoms with Crippen LogP contribution in [0.2, 0.25) is 0 Å². The van der Waals surface area contributed by atoms with Gasteiger partial charge in [-0.1, -0.05) is 19.3 Å². The number of nitrogens with zero attached hydrogens (tertiary/aromatic N) is 3. The van der Waals surface area contributed by atoms with Crippen molar-refractivity contribution in [1.82, 2.24) is 20.0 Å². The minimum atomic E-state index is -0.0687. The minimum absolute atomic E-state index is 0.0163. The third-order valence-corrected chi connectivity index (χ3v) is 5.04. The fourth-order valence-electron chi connectivity index (χ4n) is 3.82. The van der Waals surface area contributed by atoms with E-state index in [4.69, 9.17) is 0 Å². The van der Waals surface area contributed by atoms with Gasteiger partial charge in [-0.2, -0.15) is 5.10 Å². The van der Waals surface area contributed by atoms with Crippen molar-refractivity contribution < 1.29 is 9.59 Å². The first kappa shape index (κ1) is 16.0. The lowest BCUT2D eigenvalue weighted by atomic mass is 10.00. The maximum atomic E-state index is 12.9. The number of hydrogen-bond donors (Lipinski definition) is 1. The van der Waals surface area contributed by atoms with Gasteiger partial charge in [-0.05, 0) is 31.7 Å². The van der Waals surface area contributed by atoms with Crippen LogP contribution in [0.4, 0.5) is 0 Å². The van der Waals surface area contributed by atoms with Crippen LogP contribution in [-0.2, 0) is 11.8 Å². The van der Waals surface area contributed by atoms with Gasteiger partial charge in [0.25, 0.3) is 5.91 Å². The first-order valence-electron chi connectivity index (χ1n) is 8.75. The standard InChI is InChI=1S/C17H26N4O2/c1-20-12-9-14(19-20)17(23)21-11-5-3-2-4-10-18-16(22)13-7-6-8-15(13)21/h9,12-13,15H,2-8,10-11H2,1H3,(H,18,22). The average Bonchev–Trinajstić information content (AvgIpc) is 3.17. The van der Waals surface area contributed by atoms with E-state index in [0.717, 1.165) is 58.0 Å². The third kappa shape index (κ3) is 3.57. The summed E-state index contributed by atoms with van der Waals surface area (Å²) < 4.78 is 1.65. The second-order valence-corrected chi connectivity index (χ2v) is 6.68. The van der Waals surface area contributed by atoms with Crippen molar-refractivity contribution >= 4 is 11.8 Å². The number of nitrogens with one attached hydrogen (secondary N) is 1. The summed E-state index contributed by atoms with van der Waals surface area (Å²) in [6, 6.07) is 1.78. The van der Waals surface area contributed by atoms with E-state index in [0.29, 0.717) is 5.69 Å². The number of fused-ring (bicyclic) bond motifs is 1. The summed E-state index contributed by atoms with van der Waals surface area (Å²) in [5, 5.41) is 7.32. The summed E-state index contributed by atoms with van der Waals surface area (Å²) in [5.41, 5.74) is 0.480. The number of aromatic nitrogens is 2. The van der Waals surface area contributed by atoms with E-state index < -0.39 is 0 Å². The Hall–Kier alpha value is -1.85. The van der Waals surface area contributed by atoms with Crippen LogP contribution < -0.4 is 5.32 Å². The van der Waals surface area contributed by atoms with Crippen LogP contribution in [0.5, 0.6) is 0 Å². The van der Waals surface area contributed by atoms with Gasteiger partial charge in [-0.15, -0.1) is 0 Å². The van der Waals surface area contributed by atoms with E-state index in [9.17, 15) is 9.59 Å². The molecule has 1 aromatic rings. The molecular weight excluding hydrogens is 292 g/mol. The molecule has 6 nitrogen and oxygen atoms in total. The molecule has 0 radical (unpaired) electrons. The van der Waals surface area contributed by atoms with Crippen molar-refractivity contribution in [2.24, 2.45) is 13.0 Å². The molecule has 3 rings (SSSR count). The zero-order valence-electron chi connectivity index (χ0n) is 13.8. The highest BCUT2D eigenvalue weighted by molar-refractivity contribution is 5.93. The Labute approximate surface area is 137 Å². The molecule has 1 aliphatic carbocycles. The molecule has 126 valence electrons. The number of aryl methyl sites for hydroxylation is 1. The van der Waals surface area contributed by atoms with Gasteiger partial charge >= 0.3 is 0 Å². The summed E-state index contributed by atoms with van der Waals surface area (Å²) in [5.74, 6) is 0.0172. The first-order chi connectivity index (χ1) is 11.2. The zero-order valence-corrected chi connectivity index (χ0v) is 13.8. The highest BCUT2D eigenvalue weighted by Gasteiger charge is 2.39. The van der Waals surface area contributed by atoms with Gasteiger partial charge in [0.15, 0.2) is 0 Å². The SMILES string of the molecule is Cn1ccc(C(=O)N2CCCCCCNC(=O)C3CCCC32)n1. The molecule has 23 heavy (non-hydrogen) atoms. The molecule has 2 atom stereocenters. The molecule has 2 heterocycles. The average molecular weight is 318 g/mol. The summed E-state index contributed by atoms with van der Waals surface area (Å²) in [7, 11) is 1.81. The number of hydrogen-bond acceptors (Lipinski definition) is 3. The fourth-order valence-corrected chi connectivity index (χ4v) is 3.82. The third-order valence-electron chi connectivity index (χ3n) is 5.04. The number of carbonyl (C=O) groups is 2. The molecule has 2 aliphatic rings. The molecule has 1 aliphatic heterocycles. The molecule has 0 spiro atoms. The number of amides is 2. The fraction of sp³-hybridized carbons (Fsp3) is 0.706. The van der Waals surface area contributed by atoms with Crippen LogP contribution in [0.25, 0.3) is 0 Å². The molecule has 2 unspecified atom stereocenters. The highest BCUT2D eigenvalue weighted by Crippen LogP contribution is 2.31. The van der Waals surface area contributed by atoms with Crippen LogP contribution in [0, 0.1) is 5.92 Å². The smallest absolute Gasteiger partial charge is 0.274 e. The van der Waals surface area contributed by atoms with Gasteiger partial charge in [0.1, 0.15) is 5.69 Å². The lowest BCUT2D eigenvalue weighted by Gasteiger charge is -2.32.